The molecule has 32 heavy (non-hydrogen) atoms. The summed E-state index contributed by atoms with van der Waals surface area (Å²) < 4.78 is 7.05. The van der Waals surface area contributed by atoms with E-state index in [2.05, 4.69) is 21.0 Å². The maximum absolute atomic E-state index is 12.2. The van der Waals surface area contributed by atoms with E-state index in [1.54, 1.807) is 37.4 Å². The average molecular weight is 494 g/mol. The van der Waals surface area contributed by atoms with E-state index in [0.29, 0.717) is 39.7 Å². The van der Waals surface area contributed by atoms with Crippen LogP contribution < -0.4 is 10.9 Å². The van der Waals surface area contributed by atoms with Crippen LogP contribution in [0.15, 0.2) is 53.7 Å². The van der Waals surface area contributed by atoms with Crippen LogP contribution in [-0.4, -0.2) is 46.0 Å². The van der Waals surface area contributed by atoms with Gasteiger partial charge in [-0.25, -0.2) is 0 Å². The molecule has 0 aliphatic rings. The number of carbonyl (C=O) groups excluding carboxylic acids is 2. The smallest absolute Gasteiger partial charge is 0.269 e. The van der Waals surface area contributed by atoms with E-state index in [4.69, 9.17) is 27.9 Å². The second-order valence-electron chi connectivity index (χ2n) is 6.58. The molecule has 3 rings (SSSR count). The Morgan fingerprint density at radius 1 is 1.06 bits per heavy atom. The lowest BCUT2D eigenvalue weighted by atomic mass is 10.2. The third-order valence-electron chi connectivity index (χ3n) is 4.32. The number of amides is 2. The van der Waals surface area contributed by atoms with Crippen LogP contribution in [0.3, 0.4) is 0 Å². The Bertz CT molecular complexity index is 1080. The van der Waals surface area contributed by atoms with Crippen LogP contribution in [0.1, 0.15) is 16.8 Å². The number of carbonyl (C=O) groups is 2. The molecule has 8 nitrogen and oxygen atoms in total. The van der Waals surface area contributed by atoms with Gasteiger partial charge in [0, 0.05) is 36.4 Å². The first-order chi connectivity index (χ1) is 15.5. The second-order valence-corrected chi connectivity index (χ2v) is 8.37. The molecule has 0 atom stereocenters. The van der Waals surface area contributed by atoms with Gasteiger partial charge in [-0.3, -0.25) is 20.4 Å². The minimum absolute atomic E-state index is 0.0336. The van der Waals surface area contributed by atoms with E-state index in [1.165, 1.54) is 11.8 Å². The highest BCUT2D eigenvalue weighted by atomic mass is 35.5. The zero-order chi connectivity index (χ0) is 22.9. The van der Waals surface area contributed by atoms with E-state index in [9.17, 15) is 9.59 Å². The molecule has 0 fully saturated rings. The van der Waals surface area contributed by atoms with Crippen molar-refractivity contribution in [2.45, 2.75) is 18.1 Å². The number of nitrogens with one attached hydrogen (secondary N) is 2. The van der Waals surface area contributed by atoms with Gasteiger partial charge in [-0.1, -0.05) is 47.1 Å². The minimum atomic E-state index is -0.441. The molecule has 1 heterocycles. The number of hydrogen-bond donors (Lipinski definition) is 2. The normalized spacial score (nSPS) is 10.7. The molecular formula is C21H21Cl2N5O3S. The number of hydrogen-bond acceptors (Lipinski definition) is 6. The summed E-state index contributed by atoms with van der Waals surface area (Å²) in [5.41, 5.74) is 5.91. The van der Waals surface area contributed by atoms with E-state index in [0.717, 1.165) is 12.0 Å². The number of hydrazine groups is 1. The Kier molecular flexibility index (Phi) is 8.92. The molecule has 1 aromatic heterocycles. The number of benzene rings is 2. The van der Waals surface area contributed by atoms with Crippen molar-refractivity contribution in [1.29, 1.82) is 0 Å². The molecule has 0 aliphatic carbocycles. The summed E-state index contributed by atoms with van der Waals surface area (Å²) in [4.78, 5) is 24.3. The van der Waals surface area contributed by atoms with Crippen molar-refractivity contribution in [3.05, 3.63) is 64.1 Å². The number of rotatable bonds is 9. The van der Waals surface area contributed by atoms with E-state index in [1.807, 2.05) is 22.8 Å². The van der Waals surface area contributed by atoms with E-state index >= 15 is 0 Å². The van der Waals surface area contributed by atoms with Gasteiger partial charge in [-0.05, 0) is 42.8 Å². The fraction of sp³-hybridized carbons (Fsp3) is 0.238. The molecule has 0 aliphatic heterocycles. The Balaban J connectivity index is 1.63. The SMILES string of the molecule is COCCCn1c(SCC(=O)NNC(=O)c2ccc(Cl)cc2)nnc1-c1ccccc1Cl. The molecule has 0 spiro atoms. The first-order valence-corrected chi connectivity index (χ1v) is 11.4. The van der Waals surface area contributed by atoms with Crippen molar-refractivity contribution in [1.82, 2.24) is 25.6 Å². The fourth-order valence-electron chi connectivity index (χ4n) is 2.77. The highest BCUT2D eigenvalue weighted by Crippen LogP contribution is 2.29. The standard InChI is InChI=1S/C21H21Cl2N5O3S/c1-31-12-4-11-28-19(16-5-2-3-6-17(16)23)25-27-21(28)32-13-18(29)24-26-20(30)14-7-9-15(22)10-8-14/h2-3,5-10H,4,11-13H2,1H3,(H,24,29)(H,26,30). The molecule has 2 N–H and O–H groups in total. The van der Waals surface area contributed by atoms with Crippen LogP contribution in [0.5, 0.6) is 0 Å². The van der Waals surface area contributed by atoms with Crippen LogP contribution in [0.25, 0.3) is 11.4 Å². The van der Waals surface area contributed by atoms with Gasteiger partial charge in [0.15, 0.2) is 11.0 Å². The van der Waals surface area contributed by atoms with Crippen molar-refractivity contribution < 1.29 is 14.3 Å². The van der Waals surface area contributed by atoms with Gasteiger partial charge in [-0.2, -0.15) is 0 Å². The molecule has 0 saturated heterocycles. The zero-order valence-corrected chi connectivity index (χ0v) is 19.5. The summed E-state index contributed by atoms with van der Waals surface area (Å²) in [6, 6.07) is 13.7. The Morgan fingerprint density at radius 3 is 2.53 bits per heavy atom. The number of aromatic nitrogens is 3. The maximum Gasteiger partial charge on any atom is 0.269 e. The molecule has 0 radical (unpaired) electrons. The minimum Gasteiger partial charge on any atom is -0.385 e. The summed E-state index contributed by atoms with van der Waals surface area (Å²) in [6.07, 6.45) is 0.739. The third-order valence-corrected chi connectivity index (χ3v) is 5.86. The van der Waals surface area contributed by atoms with Crippen molar-refractivity contribution >= 4 is 46.8 Å². The lowest BCUT2D eigenvalue weighted by Gasteiger charge is -2.11. The molecular weight excluding hydrogens is 473 g/mol. The lowest BCUT2D eigenvalue weighted by molar-refractivity contribution is -0.119. The zero-order valence-electron chi connectivity index (χ0n) is 17.2. The van der Waals surface area contributed by atoms with Crippen LogP contribution in [0.2, 0.25) is 10.0 Å². The highest BCUT2D eigenvalue weighted by molar-refractivity contribution is 7.99. The van der Waals surface area contributed by atoms with Crippen LogP contribution in [0, 0.1) is 0 Å². The Morgan fingerprint density at radius 2 is 1.81 bits per heavy atom. The molecule has 3 aromatic rings. The van der Waals surface area contributed by atoms with Gasteiger partial charge < -0.3 is 9.30 Å². The van der Waals surface area contributed by atoms with Gasteiger partial charge >= 0.3 is 0 Å². The van der Waals surface area contributed by atoms with Gasteiger partial charge in [-0.15, -0.1) is 10.2 Å². The van der Waals surface area contributed by atoms with Crippen molar-refractivity contribution in [3.63, 3.8) is 0 Å². The van der Waals surface area contributed by atoms with Crippen LogP contribution in [-0.2, 0) is 16.1 Å². The van der Waals surface area contributed by atoms with Crippen LogP contribution >= 0.6 is 35.0 Å². The first-order valence-electron chi connectivity index (χ1n) is 9.64. The van der Waals surface area contributed by atoms with Crippen LogP contribution in [0.4, 0.5) is 0 Å². The summed E-state index contributed by atoms with van der Waals surface area (Å²) in [5.74, 6) is -0.177. The fourth-order valence-corrected chi connectivity index (χ4v) is 3.88. The topological polar surface area (TPSA) is 98.1 Å². The van der Waals surface area contributed by atoms with Gasteiger partial charge in [0.2, 0.25) is 5.91 Å². The molecule has 11 heteroatoms. The molecule has 2 aromatic carbocycles. The Hall–Kier alpha value is -2.59. The highest BCUT2D eigenvalue weighted by Gasteiger charge is 2.17. The quantitative estimate of drug-likeness (QED) is 0.267. The summed E-state index contributed by atoms with van der Waals surface area (Å²) in [7, 11) is 1.64. The molecule has 168 valence electrons. The molecule has 2 amide bonds. The lowest BCUT2D eigenvalue weighted by Crippen LogP contribution is -2.42. The number of halogens is 2. The van der Waals surface area contributed by atoms with Crippen molar-refractivity contribution in [3.8, 4) is 11.4 Å². The summed E-state index contributed by atoms with van der Waals surface area (Å²) in [5, 5.41) is 10.2. The largest absolute Gasteiger partial charge is 0.385 e. The monoisotopic (exact) mass is 493 g/mol. The number of nitrogens with zero attached hydrogens (tertiary/aromatic N) is 3. The van der Waals surface area contributed by atoms with Gasteiger partial charge in [0.1, 0.15) is 0 Å². The number of methoxy groups -OCH3 is 1. The van der Waals surface area contributed by atoms with E-state index < -0.39 is 5.91 Å². The average Bonchev–Trinajstić information content (AvgIpc) is 3.19. The maximum atomic E-state index is 12.2. The van der Waals surface area contributed by atoms with Crippen molar-refractivity contribution in [2.24, 2.45) is 0 Å². The summed E-state index contributed by atoms with van der Waals surface area (Å²) >= 11 is 13.4. The second kappa shape index (κ2) is 11.9. The number of thioether (sulfide) groups is 1. The van der Waals surface area contributed by atoms with Gasteiger partial charge in [0.25, 0.3) is 5.91 Å². The van der Waals surface area contributed by atoms with Gasteiger partial charge in [0.05, 0.1) is 10.8 Å². The first kappa shape index (κ1) is 24.1. The van der Waals surface area contributed by atoms with Crippen molar-refractivity contribution in [2.75, 3.05) is 19.5 Å². The van der Waals surface area contributed by atoms with E-state index in [-0.39, 0.29) is 11.7 Å². The third kappa shape index (κ3) is 6.46. The molecule has 0 saturated carbocycles. The summed E-state index contributed by atoms with van der Waals surface area (Å²) in [6.45, 7) is 1.17. The predicted molar refractivity (Wildman–Crippen MR) is 125 cm³/mol. The Labute approximate surface area is 199 Å². The molecule has 0 bridgehead atoms. The predicted octanol–water partition coefficient (Wildman–Crippen LogP) is 3.84. The molecule has 0 unspecified atom stereocenters. The number of ether oxygens (including phenoxy) is 1.